The Morgan fingerprint density at radius 2 is 2.39 bits per heavy atom. The molecule has 6 nitrogen and oxygen atoms in total. The molecular formula is C12H18N4O2. The average molecular weight is 250 g/mol. The molecule has 0 bridgehead atoms. The van der Waals surface area contributed by atoms with Crippen LogP contribution in [0, 0.1) is 6.92 Å². The van der Waals surface area contributed by atoms with E-state index in [2.05, 4.69) is 10.4 Å². The first-order valence-electron chi connectivity index (χ1n) is 6.03. The summed E-state index contributed by atoms with van der Waals surface area (Å²) in [6, 6.07) is 3.35. The zero-order valence-corrected chi connectivity index (χ0v) is 10.4. The van der Waals surface area contributed by atoms with E-state index in [1.165, 1.54) is 0 Å². The summed E-state index contributed by atoms with van der Waals surface area (Å²) in [7, 11) is 0. The molecule has 0 saturated carbocycles. The van der Waals surface area contributed by atoms with Gasteiger partial charge in [0.25, 0.3) is 5.91 Å². The quantitative estimate of drug-likeness (QED) is 0.518. The van der Waals surface area contributed by atoms with Gasteiger partial charge >= 0.3 is 0 Å². The van der Waals surface area contributed by atoms with E-state index in [9.17, 15) is 9.90 Å². The number of rotatable bonds is 2. The molecule has 4 N–H and O–H groups in total. The third-order valence-electron chi connectivity index (χ3n) is 3.03. The Hall–Kier alpha value is -1.66. The van der Waals surface area contributed by atoms with Gasteiger partial charge in [0.1, 0.15) is 5.82 Å². The minimum absolute atomic E-state index is 0.0873. The lowest BCUT2D eigenvalue weighted by molar-refractivity contribution is 0.0473. The van der Waals surface area contributed by atoms with Crippen LogP contribution in [-0.4, -0.2) is 40.1 Å². The van der Waals surface area contributed by atoms with Gasteiger partial charge in [-0.1, -0.05) is 0 Å². The van der Waals surface area contributed by atoms with Gasteiger partial charge in [-0.15, -0.1) is 0 Å². The topological polar surface area (TPSA) is 91.5 Å². The fraction of sp³-hybridized carbons (Fsp3) is 0.500. The number of nitrogens with one attached hydrogen (secondary N) is 1. The second-order valence-electron chi connectivity index (χ2n) is 4.57. The Morgan fingerprint density at radius 3 is 3.06 bits per heavy atom. The summed E-state index contributed by atoms with van der Waals surface area (Å²) in [6.45, 7) is 2.89. The maximum absolute atomic E-state index is 12.3. The highest BCUT2D eigenvalue weighted by molar-refractivity contribution is 5.95. The van der Waals surface area contributed by atoms with Crippen molar-refractivity contribution in [1.29, 1.82) is 0 Å². The lowest BCUT2D eigenvalue weighted by atomic mass is 10.1. The second-order valence-corrected chi connectivity index (χ2v) is 4.57. The van der Waals surface area contributed by atoms with Gasteiger partial charge in [-0.05, 0) is 31.9 Å². The van der Waals surface area contributed by atoms with Gasteiger partial charge in [-0.25, -0.2) is 10.8 Å². The first kappa shape index (κ1) is 12.8. The van der Waals surface area contributed by atoms with E-state index in [0.29, 0.717) is 24.5 Å². The molecule has 0 spiro atoms. The van der Waals surface area contributed by atoms with Crippen LogP contribution in [0.15, 0.2) is 12.1 Å². The molecule has 6 heteroatoms. The first-order chi connectivity index (χ1) is 8.60. The van der Waals surface area contributed by atoms with E-state index in [1.807, 2.05) is 6.92 Å². The number of anilines is 1. The Balaban J connectivity index is 2.19. The number of nitrogen functional groups attached to an aromatic ring is 1. The van der Waals surface area contributed by atoms with Crippen molar-refractivity contribution in [2.24, 2.45) is 5.84 Å². The number of hydrazine groups is 1. The molecule has 18 heavy (non-hydrogen) atoms. The Labute approximate surface area is 106 Å². The SMILES string of the molecule is Cc1cc(C(=O)N2CCCC(O)C2)cc(NN)n1. The molecule has 1 aromatic rings. The number of pyridine rings is 1. The highest BCUT2D eigenvalue weighted by Gasteiger charge is 2.23. The Bertz CT molecular complexity index is 450. The third-order valence-corrected chi connectivity index (χ3v) is 3.03. The second kappa shape index (κ2) is 5.32. The van der Waals surface area contributed by atoms with Crippen molar-refractivity contribution in [3.63, 3.8) is 0 Å². The summed E-state index contributed by atoms with van der Waals surface area (Å²) in [5, 5.41) is 9.59. The van der Waals surface area contributed by atoms with E-state index in [0.717, 1.165) is 18.5 Å². The van der Waals surface area contributed by atoms with Crippen LogP contribution in [0.1, 0.15) is 28.9 Å². The van der Waals surface area contributed by atoms with Crippen molar-refractivity contribution in [2.45, 2.75) is 25.9 Å². The van der Waals surface area contributed by atoms with Crippen molar-refractivity contribution < 1.29 is 9.90 Å². The number of aliphatic hydroxyl groups is 1. The summed E-state index contributed by atoms with van der Waals surface area (Å²) in [6.07, 6.45) is 1.17. The van der Waals surface area contributed by atoms with Gasteiger partial charge in [0, 0.05) is 24.3 Å². The number of aromatic nitrogens is 1. The van der Waals surface area contributed by atoms with E-state index < -0.39 is 6.10 Å². The molecule has 98 valence electrons. The molecule has 1 aliphatic heterocycles. The number of aryl methyl sites for hydroxylation is 1. The number of aliphatic hydroxyl groups excluding tert-OH is 1. The fourth-order valence-electron chi connectivity index (χ4n) is 2.19. The highest BCUT2D eigenvalue weighted by atomic mass is 16.3. The van der Waals surface area contributed by atoms with Gasteiger partial charge in [0.15, 0.2) is 0 Å². The molecule has 1 saturated heterocycles. The van der Waals surface area contributed by atoms with Crippen LogP contribution in [0.3, 0.4) is 0 Å². The molecular weight excluding hydrogens is 232 g/mol. The van der Waals surface area contributed by atoms with Gasteiger partial charge in [0.05, 0.1) is 6.10 Å². The van der Waals surface area contributed by atoms with Crippen molar-refractivity contribution >= 4 is 11.7 Å². The molecule has 0 aromatic carbocycles. The first-order valence-corrected chi connectivity index (χ1v) is 6.03. The number of likely N-dealkylation sites (tertiary alicyclic amines) is 1. The lowest BCUT2D eigenvalue weighted by Crippen LogP contribution is -2.42. The van der Waals surface area contributed by atoms with Gasteiger partial charge in [-0.2, -0.15) is 0 Å². The van der Waals surface area contributed by atoms with Crippen LogP contribution in [-0.2, 0) is 0 Å². The molecule has 1 amide bonds. The number of hydrogen-bond donors (Lipinski definition) is 3. The summed E-state index contributed by atoms with van der Waals surface area (Å²) in [5.74, 6) is 5.69. The van der Waals surface area contributed by atoms with Crippen molar-refractivity contribution in [2.75, 3.05) is 18.5 Å². The molecule has 0 radical (unpaired) electrons. The number of carbonyl (C=O) groups is 1. The molecule has 1 fully saturated rings. The predicted molar refractivity (Wildman–Crippen MR) is 67.9 cm³/mol. The maximum atomic E-state index is 12.3. The van der Waals surface area contributed by atoms with Crippen LogP contribution < -0.4 is 11.3 Å². The van der Waals surface area contributed by atoms with Crippen LogP contribution >= 0.6 is 0 Å². The maximum Gasteiger partial charge on any atom is 0.254 e. The number of β-amino-alcohol motifs (C(OH)–C–C–N with tert-alkyl or cyclic N) is 1. The molecule has 1 aliphatic rings. The van der Waals surface area contributed by atoms with Gasteiger partial charge in [-0.3, -0.25) is 4.79 Å². The van der Waals surface area contributed by atoms with E-state index in [1.54, 1.807) is 17.0 Å². The molecule has 1 unspecified atom stereocenters. The molecule has 2 rings (SSSR count). The summed E-state index contributed by atoms with van der Waals surface area (Å²) in [5.41, 5.74) is 3.72. The standard InChI is InChI=1S/C12H18N4O2/c1-8-5-9(6-11(14-8)15-13)12(18)16-4-2-3-10(17)7-16/h5-6,10,17H,2-4,7,13H2,1H3,(H,14,15). The van der Waals surface area contributed by atoms with Crippen LogP contribution in [0.2, 0.25) is 0 Å². The van der Waals surface area contributed by atoms with Crippen LogP contribution in [0.25, 0.3) is 0 Å². The van der Waals surface area contributed by atoms with Crippen molar-refractivity contribution in [1.82, 2.24) is 9.88 Å². The summed E-state index contributed by atoms with van der Waals surface area (Å²) >= 11 is 0. The number of nitrogens with zero attached hydrogens (tertiary/aromatic N) is 2. The van der Waals surface area contributed by atoms with E-state index in [4.69, 9.17) is 5.84 Å². The molecule has 1 aromatic heterocycles. The van der Waals surface area contributed by atoms with Crippen molar-refractivity contribution in [3.8, 4) is 0 Å². The summed E-state index contributed by atoms with van der Waals surface area (Å²) < 4.78 is 0. The van der Waals surface area contributed by atoms with Crippen LogP contribution in [0.4, 0.5) is 5.82 Å². The summed E-state index contributed by atoms with van der Waals surface area (Å²) in [4.78, 5) is 18.1. The third kappa shape index (κ3) is 2.77. The van der Waals surface area contributed by atoms with Crippen LogP contribution in [0.5, 0.6) is 0 Å². The highest BCUT2D eigenvalue weighted by Crippen LogP contribution is 2.16. The van der Waals surface area contributed by atoms with Crippen molar-refractivity contribution in [3.05, 3.63) is 23.4 Å². The largest absolute Gasteiger partial charge is 0.391 e. The number of piperidine rings is 1. The molecule has 1 atom stereocenters. The zero-order valence-electron chi connectivity index (χ0n) is 10.4. The van der Waals surface area contributed by atoms with Gasteiger partial charge in [0.2, 0.25) is 0 Å². The van der Waals surface area contributed by atoms with Gasteiger partial charge < -0.3 is 15.4 Å². The Morgan fingerprint density at radius 1 is 1.61 bits per heavy atom. The Kier molecular flexibility index (Phi) is 3.78. The lowest BCUT2D eigenvalue weighted by Gasteiger charge is -2.30. The predicted octanol–water partition coefficient (Wildman–Crippen LogP) is 0.273. The number of amides is 1. The molecule has 2 heterocycles. The number of hydrogen-bond acceptors (Lipinski definition) is 5. The minimum atomic E-state index is -0.419. The monoisotopic (exact) mass is 250 g/mol. The normalized spacial score (nSPS) is 19.7. The minimum Gasteiger partial charge on any atom is -0.391 e. The number of carbonyl (C=O) groups excluding carboxylic acids is 1. The smallest absolute Gasteiger partial charge is 0.254 e. The van der Waals surface area contributed by atoms with E-state index >= 15 is 0 Å². The van der Waals surface area contributed by atoms with E-state index in [-0.39, 0.29) is 5.91 Å². The fourth-order valence-corrected chi connectivity index (χ4v) is 2.19. The number of nitrogens with two attached hydrogens (primary N) is 1. The molecule has 0 aliphatic carbocycles. The average Bonchev–Trinajstić information content (AvgIpc) is 2.37. The zero-order chi connectivity index (χ0) is 13.1.